The molecule has 0 aliphatic heterocycles. The van der Waals surface area contributed by atoms with Crippen molar-refractivity contribution in [2.45, 2.75) is 13.0 Å². The van der Waals surface area contributed by atoms with Gasteiger partial charge in [0.05, 0.1) is 0 Å². The molecule has 1 aromatic rings. The smallest absolute Gasteiger partial charge is 0.304 e. The van der Waals surface area contributed by atoms with Gasteiger partial charge in [-0.1, -0.05) is 24.1 Å². The maximum Gasteiger partial charge on any atom is 0.304 e. The lowest BCUT2D eigenvalue weighted by molar-refractivity contribution is -0.141. The van der Waals surface area contributed by atoms with Gasteiger partial charge < -0.3 is 4.74 Å². The van der Waals surface area contributed by atoms with Crippen molar-refractivity contribution in [3.05, 3.63) is 35.9 Å². The van der Waals surface area contributed by atoms with Crippen LogP contribution in [0, 0.1) is 24.2 Å². The first-order valence-electron chi connectivity index (χ1n) is 4.42. The minimum Gasteiger partial charge on any atom is -0.437 e. The molecule has 0 aliphatic carbocycles. The van der Waals surface area contributed by atoms with E-state index < -0.39 is 12.1 Å². The van der Waals surface area contributed by atoms with Gasteiger partial charge in [0.15, 0.2) is 0 Å². The van der Waals surface area contributed by atoms with Crippen molar-refractivity contribution >= 4 is 5.97 Å². The molecule has 1 atom stereocenters. The Hall–Kier alpha value is -2.19. The van der Waals surface area contributed by atoms with Gasteiger partial charge in [-0.05, 0) is 24.0 Å². The number of benzene rings is 1. The molecule has 0 saturated heterocycles. The largest absolute Gasteiger partial charge is 0.437 e. The Bertz CT molecular complexity index is 429. The number of rotatable bonds is 1. The highest BCUT2D eigenvalue weighted by Crippen LogP contribution is 1.96. The third-order valence-corrected chi connectivity index (χ3v) is 1.56. The van der Waals surface area contributed by atoms with Gasteiger partial charge in [0.1, 0.15) is 0 Å². The summed E-state index contributed by atoms with van der Waals surface area (Å²) in [6.07, 6.45) is 4.38. The number of hydrogen-bond acceptors (Lipinski definition) is 2. The molecule has 0 fully saturated rings. The van der Waals surface area contributed by atoms with Crippen molar-refractivity contribution in [2.75, 3.05) is 0 Å². The highest BCUT2D eigenvalue weighted by atomic mass is 16.5. The van der Waals surface area contributed by atoms with Crippen LogP contribution in [0.1, 0.15) is 12.5 Å². The minimum absolute atomic E-state index is 0.430. The summed E-state index contributed by atoms with van der Waals surface area (Å²) in [6.45, 7) is 1.30. The highest BCUT2D eigenvalue weighted by molar-refractivity contribution is 5.67. The maximum absolute atomic E-state index is 10.6. The van der Waals surface area contributed by atoms with Crippen molar-refractivity contribution in [3.63, 3.8) is 0 Å². The first-order chi connectivity index (χ1) is 7.22. The van der Waals surface area contributed by atoms with Crippen LogP contribution in [-0.4, -0.2) is 12.1 Å². The van der Waals surface area contributed by atoms with E-state index >= 15 is 0 Å². The van der Waals surface area contributed by atoms with E-state index in [0.29, 0.717) is 0 Å². The van der Waals surface area contributed by atoms with Crippen LogP contribution in [0.4, 0.5) is 0 Å². The fourth-order valence-corrected chi connectivity index (χ4v) is 0.941. The monoisotopic (exact) mass is 198 g/mol. The first kappa shape index (κ1) is 10.9. The summed E-state index contributed by atoms with van der Waals surface area (Å²) in [7, 11) is 0. The summed E-state index contributed by atoms with van der Waals surface area (Å²) in [4.78, 5) is 10.6. The standard InChI is InChI=1S/C13H10O2/c1-3-13(15-11(2)14)10-9-12-7-5-4-6-8-12/h1,4-8,13H,2H3. The van der Waals surface area contributed by atoms with Crippen molar-refractivity contribution in [1.29, 1.82) is 0 Å². The van der Waals surface area contributed by atoms with E-state index in [1.54, 1.807) is 0 Å². The molecule has 0 aliphatic rings. The zero-order valence-corrected chi connectivity index (χ0v) is 8.36. The van der Waals surface area contributed by atoms with Gasteiger partial charge in [0.2, 0.25) is 6.10 Å². The molecule has 0 bridgehead atoms. The van der Waals surface area contributed by atoms with Gasteiger partial charge in [-0.2, -0.15) is 0 Å². The molecule has 0 amide bonds. The zero-order valence-electron chi connectivity index (χ0n) is 8.36. The molecule has 2 heteroatoms. The van der Waals surface area contributed by atoms with Crippen LogP contribution < -0.4 is 0 Å². The van der Waals surface area contributed by atoms with Gasteiger partial charge in [-0.25, -0.2) is 0 Å². The number of esters is 1. The number of ether oxygens (including phenoxy) is 1. The molecule has 15 heavy (non-hydrogen) atoms. The number of hydrogen-bond donors (Lipinski definition) is 0. The van der Waals surface area contributed by atoms with E-state index in [1.165, 1.54) is 6.92 Å². The van der Waals surface area contributed by atoms with Gasteiger partial charge in [0, 0.05) is 12.5 Å². The first-order valence-corrected chi connectivity index (χ1v) is 4.42. The summed E-state index contributed by atoms with van der Waals surface area (Å²) >= 11 is 0. The maximum atomic E-state index is 10.6. The lowest BCUT2D eigenvalue weighted by Gasteiger charge is -2.01. The van der Waals surface area contributed by atoms with E-state index in [9.17, 15) is 4.79 Å². The van der Waals surface area contributed by atoms with Crippen molar-refractivity contribution in [2.24, 2.45) is 0 Å². The molecule has 74 valence electrons. The Labute approximate surface area is 89.3 Å². The Balaban J connectivity index is 2.72. The van der Waals surface area contributed by atoms with Gasteiger partial charge in [0.25, 0.3) is 0 Å². The van der Waals surface area contributed by atoms with E-state index in [4.69, 9.17) is 11.2 Å². The summed E-state index contributed by atoms with van der Waals surface area (Å²) < 4.78 is 4.77. The second-order valence-corrected chi connectivity index (χ2v) is 2.79. The molecule has 1 aromatic carbocycles. The second kappa shape index (κ2) is 5.52. The predicted molar refractivity (Wildman–Crippen MR) is 57.7 cm³/mol. The van der Waals surface area contributed by atoms with Crippen LogP contribution in [-0.2, 0) is 9.53 Å². The summed E-state index contributed by atoms with van der Waals surface area (Å²) in [5.74, 6) is 7.38. The Morgan fingerprint density at radius 1 is 1.40 bits per heavy atom. The number of carbonyl (C=O) groups is 1. The highest BCUT2D eigenvalue weighted by Gasteiger charge is 2.02. The molecule has 1 unspecified atom stereocenters. The van der Waals surface area contributed by atoms with E-state index in [2.05, 4.69) is 17.8 Å². The number of carbonyl (C=O) groups excluding carboxylic acids is 1. The molecule has 0 spiro atoms. The average Bonchev–Trinajstić information content (AvgIpc) is 2.25. The van der Waals surface area contributed by atoms with E-state index in [-0.39, 0.29) is 0 Å². The number of terminal acetylenes is 1. The minimum atomic E-state index is -0.775. The topological polar surface area (TPSA) is 26.3 Å². The average molecular weight is 198 g/mol. The summed E-state index contributed by atoms with van der Waals surface area (Å²) in [6, 6.07) is 9.36. The van der Waals surface area contributed by atoms with E-state index in [1.807, 2.05) is 30.3 Å². The van der Waals surface area contributed by atoms with Crippen molar-refractivity contribution < 1.29 is 9.53 Å². The molecule has 0 N–H and O–H groups in total. The van der Waals surface area contributed by atoms with Crippen LogP contribution >= 0.6 is 0 Å². The van der Waals surface area contributed by atoms with Crippen LogP contribution in [0.2, 0.25) is 0 Å². The lowest BCUT2D eigenvalue weighted by Crippen LogP contribution is -2.11. The van der Waals surface area contributed by atoms with Crippen LogP contribution in [0.15, 0.2) is 30.3 Å². The fourth-order valence-electron chi connectivity index (χ4n) is 0.941. The van der Waals surface area contributed by atoms with Crippen molar-refractivity contribution in [1.82, 2.24) is 0 Å². The van der Waals surface area contributed by atoms with Crippen LogP contribution in [0.25, 0.3) is 0 Å². The zero-order chi connectivity index (χ0) is 11.1. The normalized spacial score (nSPS) is 10.4. The molecular weight excluding hydrogens is 188 g/mol. The fraction of sp³-hybridized carbons (Fsp3) is 0.154. The van der Waals surface area contributed by atoms with Gasteiger partial charge >= 0.3 is 5.97 Å². The van der Waals surface area contributed by atoms with E-state index in [0.717, 1.165) is 5.56 Å². The summed E-state index contributed by atoms with van der Waals surface area (Å²) in [5, 5.41) is 0. The Morgan fingerprint density at radius 2 is 2.07 bits per heavy atom. The molecule has 1 rings (SSSR count). The van der Waals surface area contributed by atoms with Crippen molar-refractivity contribution in [3.8, 4) is 24.2 Å². The third kappa shape index (κ3) is 4.02. The van der Waals surface area contributed by atoms with Gasteiger partial charge in [-0.15, -0.1) is 6.42 Å². The van der Waals surface area contributed by atoms with Crippen LogP contribution in [0.5, 0.6) is 0 Å². The Kier molecular flexibility index (Phi) is 4.01. The molecule has 0 radical (unpaired) electrons. The SMILES string of the molecule is C#CC(C#Cc1ccccc1)OC(C)=O. The second-order valence-electron chi connectivity index (χ2n) is 2.79. The third-order valence-electron chi connectivity index (χ3n) is 1.56. The molecule has 0 saturated carbocycles. The molecular formula is C13H10O2. The quantitative estimate of drug-likeness (QED) is 0.506. The van der Waals surface area contributed by atoms with Crippen LogP contribution in [0.3, 0.4) is 0 Å². The predicted octanol–water partition coefficient (Wildman–Crippen LogP) is 1.60. The lowest BCUT2D eigenvalue weighted by atomic mass is 10.2. The summed E-state index contributed by atoms with van der Waals surface area (Å²) in [5.41, 5.74) is 0.838. The molecule has 0 aromatic heterocycles. The Morgan fingerprint density at radius 3 is 2.60 bits per heavy atom. The molecule has 0 heterocycles. The molecule has 2 nitrogen and oxygen atoms in total. The van der Waals surface area contributed by atoms with Gasteiger partial charge in [-0.3, -0.25) is 4.79 Å².